The Morgan fingerprint density at radius 1 is 1.21 bits per heavy atom. The third-order valence-electron chi connectivity index (χ3n) is 5.21. The third kappa shape index (κ3) is 3.73. The van der Waals surface area contributed by atoms with E-state index in [1.54, 1.807) is 4.57 Å². The fraction of sp³-hybridized carbons (Fsp3) is 0.381. The van der Waals surface area contributed by atoms with Crippen molar-refractivity contribution in [2.24, 2.45) is 5.92 Å². The summed E-state index contributed by atoms with van der Waals surface area (Å²) in [6.45, 7) is 5.77. The number of thioether (sulfide) groups is 1. The Kier molecular flexibility index (Phi) is 5.55. The number of carbonyl (C=O) groups excluding carboxylic acids is 1. The number of aromatic nitrogens is 2. The summed E-state index contributed by atoms with van der Waals surface area (Å²) < 4.78 is 1.63. The van der Waals surface area contributed by atoms with Gasteiger partial charge in [0, 0.05) is 13.1 Å². The number of piperidine rings is 1. The number of fused-ring (bicyclic) bond motifs is 1. The number of carbonyl (C=O) groups is 1. The molecule has 0 spiro atoms. The predicted octanol–water partition coefficient (Wildman–Crippen LogP) is 4.19. The molecule has 146 valence electrons. The Morgan fingerprint density at radius 2 is 1.93 bits per heavy atom. The van der Waals surface area contributed by atoms with Gasteiger partial charge in [0.05, 0.1) is 16.3 Å². The lowest BCUT2D eigenvalue weighted by Crippen LogP contribution is -2.42. The molecule has 3 aromatic rings. The molecule has 2 aromatic heterocycles. The number of likely N-dealkylation sites (tertiary alicyclic amines) is 1. The van der Waals surface area contributed by atoms with E-state index in [-0.39, 0.29) is 16.7 Å². The number of thiophene rings is 1. The number of amides is 1. The van der Waals surface area contributed by atoms with E-state index in [1.807, 2.05) is 53.6 Å². The summed E-state index contributed by atoms with van der Waals surface area (Å²) in [5, 5.41) is 2.76. The molecule has 5 nitrogen and oxygen atoms in total. The lowest BCUT2D eigenvalue weighted by Gasteiger charge is -2.32. The van der Waals surface area contributed by atoms with Gasteiger partial charge in [0.2, 0.25) is 5.91 Å². The van der Waals surface area contributed by atoms with E-state index in [1.165, 1.54) is 23.1 Å². The molecule has 4 rings (SSSR count). The van der Waals surface area contributed by atoms with Gasteiger partial charge in [0.15, 0.2) is 5.16 Å². The summed E-state index contributed by atoms with van der Waals surface area (Å²) in [5.74, 6) is 0.801. The smallest absolute Gasteiger partial charge is 0.267 e. The molecule has 0 N–H and O–H groups in total. The van der Waals surface area contributed by atoms with Crippen LogP contribution in [0.25, 0.3) is 15.9 Å². The second kappa shape index (κ2) is 8.09. The van der Waals surface area contributed by atoms with Crippen molar-refractivity contribution in [3.05, 3.63) is 52.1 Å². The fourth-order valence-corrected chi connectivity index (χ4v) is 5.29. The van der Waals surface area contributed by atoms with Crippen LogP contribution in [-0.2, 0) is 4.79 Å². The molecule has 1 aliphatic heterocycles. The van der Waals surface area contributed by atoms with E-state index in [9.17, 15) is 9.59 Å². The van der Waals surface area contributed by atoms with Gasteiger partial charge in [0.1, 0.15) is 4.83 Å². The summed E-state index contributed by atoms with van der Waals surface area (Å²) >= 11 is 2.82. The Hall–Kier alpha value is -2.12. The molecule has 1 amide bonds. The van der Waals surface area contributed by atoms with Crippen molar-refractivity contribution in [3.8, 4) is 5.69 Å². The lowest BCUT2D eigenvalue weighted by atomic mass is 9.99. The molecular weight excluding hydrogens is 390 g/mol. The van der Waals surface area contributed by atoms with Gasteiger partial charge in [-0.2, -0.15) is 0 Å². The topological polar surface area (TPSA) is 55.2 Å². The third-order valence-corrected chi connectivity index (χ3v) is 7.05. The van der Waals surface area contributed by atoms with Crippen LogP contribution in [0.5, 0.6) is 0 Å². The van der Waals surface area contributed by atoms with E-state index in [0.29, 0.717) is 21.3 Å². The first-order valence-electron chi connectivity index (χ1n) is 9.55. The number of para-hydroxylation sites is 1. The molecule has 1 fully saturated rings. The average molecular weight is 414 g/mol. The molecule has 0 aliphatic carbocycles. The Bertz CT molecular complexity index is 1040. The first-order valence-corrected chi connectivity index (χ1v) is 11.3. The van der Waals surface area contributed by atoms with Crippen molar-refractivity contribution in [2.45, 2.75) is 37.1 Å². The maximum Gasteiger partial charge on any atom is 0.267 e. The molecule has 0 radical (unpaired) electrons. The highest BCUT2D eigenvalue weighted by atomic mass is 32.2. The summed E-state index contributed by atoms with van der Waals surface area (Å²) in [4.78, 5) is 33.5. The van der Waals surface area contributed by atoms with E-state index in [4.69, 9.17) is 4.98 Å². The Labute approximate surface area is 172 Å². The molecule has 3 heterocycles. The van der Waals surface area contributed by atoms with E-state index < -0.39 is 0 Å². The van der Waals surface area contributed by atoms with Crippen molar-refractivity contribution in [2.75, 3.05) is 13.1 Å². The zero-order chi connectivity index (χ0) is 19.7. The molecule has 28 heavy (non-hydrogen) atoms. The molecule has 1 aliphatic rings. The normalized spacial score (nSPS) is 16.4. The van der Waals surface area contributed by atoms with Gasteiger partial charge in [0.25, 0.3) is 5.56 Å². The van der Waals surface area contributed by atoms with Gasteiger partial charge in [-0.1, -0.05) is 36.9 Å². The zero-order valence-electron chi connectivity index (χ0n) is 16.0. The van der Waals surface area contributed by atoms with Crippen LogP contribution in [0.3, 0.4) is 0 Å². The summed E-state index contributed by atoms with van der Waals surface area (Å²) in [7, 11) is 0. The van der Waals surface area contributed by atoms with Crippen molar-refractivity contribution in [3.63, 3.8) is 0 Å². The van der Waals surface area contributed by atoms with Crippen LogP contribution >= 0.6 is 23.1 Å². The Morgan fingerprint density at radius 3 is 2.64 bits per heavy atom. The van der Waals surface area contributed by atoms with Gasteiger partial charge >= 0.3 is 0 Å². The fourth-order valence-electron chi connectivity index (χ4n) is 3.47. The minimum atomic E-state index is -0.298. The van der Waals surface area contributed by atoms with Crippen LogP contribution in [0.4, 0.5) is 0 Å². The lowest BCUT2D eigenvalue weighted by molar-refractivity contribution is -0.131. The number of hydrogen-bond donors (Lipinski definition) is 0. The molecule has 1 aromatic carbocycles. The van der Waals surface area contributed by atoms with Crippen molar-refractivity contribution in [1.29, 1.82) is 0 Å². The largest absolute Gasteiger partial charge is 0.342 e. The first kappa shape index (κ1) is 19.2. The quantitative estimate of drug-likeness (QED) is 0.475. The van der Waals surface area contributed by atoms with Gasteiger partial charge < -0.3 is 4.90 Å². The molecule has 7 heteroatoms. The second-order valence-corrected chi connectivity index (χ2v) is 9.48. The van der Waals surface area contributed by atoms with Crippen LogP contribution < -0.4 is 5.56 Å². The van der Waals surface area contributed by atoms with E-state index in [2.05, 4.69) is 6.92 Å². The highest BCUT2D eigenvalue weighted by Gasteiger charge is 2.27. The van der Waals surface area contributed by atoms with E-state index in [0.717, 1.165) is 31.6 Å². The van der Waals surface area contributed by atoms with Crippen LogP contribution in [0.1, 0.15) is 26.7 Å². The molecular formula is C21H23N3O2S2. The standard InChI is InChI=1S/C21H23N3O2S2/c1-14-8-11-23(12-9-14)19(25)15(2)28-21-22-18-17(10-13-27-18)20(26)24(21)16-6-4-3-5-7-16/h3-7,10,13-15H,8-9,11-12H2,1-2H3. The first-order chi connectivity index (χ1) is 13.5. The minimum absolute atomic E-state index is 0.0913. The maximum atomic E-state index is 13.1. The average Bonchev–Trinajstić information content (AvgIpc) is 3.18. The molecule has 1 saturated heterocycles. The predicted molar refractivity (Wildman–Crippen MR) is 116 cm³/mol. The minimum Gasteiger partial charge on any atom is -0.342 e. The van der Waals surface area contributed by atoms with Gasteiger partial charge in [-0.3, -0.25) is 14.2 Å². The van der Waals surface area contributed by atoms with Gasteiger partial charge in [-0.15, -0.1) is 11.3 Å². The van der Waals surface area contributed by atoms with Crippen molar-refractivity contribution >= 4 is 39.2 Å². The molecule has 0 bridgehead atoms. The highest BCUT2D eigenvalue weighted by Crippen LogP contribution is 2.28. The van der Waals surface area contributed by atoms with Crippen molar-refractivity contribution < 1.29 is 4.79 Å². The monoisotopic (exact) mass is 413 g/mol. The Balaban J connectivity index is 1.68. The van der Waals surface area contributed by atoms with Crippen LogP contribution in [-0.4, -0.2) is 38.7 Å². The second-order valence-electron chi connectivity index (χ2n) is 7.28. The van der Waals surface area contributed by atoms with Crippen molar-refractivity contribution in [1.82, 2.24) is 14.5 Å². The highest BCUT2D eigenvalue weighted by molar-refractivity contribution is 8.00. The molecule has 1 atom stereocenters. The zero-order valence-corrected chi connectivity index (χ0v) is 17.6. The van der Waals surface area contributed by atoms with Crippen LogP contribution in [0.2, 0.25) is 0 Å². The number of rotatable bonds is 4. The van der Waals surface area contributed by atoms with Crippen LogP contribution in [0, 0.1) is 5.92 Å². The number of hydrogen-bond acceptors (Lipinski definition) is 5. The molecule has 1 unspecified atom stereocenters. The van der Waals surface area contributed by atoms with E-state index >= 15 is 0 Å². The summed E-state index contributed by atoms with van der Waals surface area (Å²) in [5.41, 5.74) is 0.674. The molecule has 0 saturated carbocycles. The maximum absolute atomic E-state index is 13.1. The van der Waals surface area contributed by atoms with Gasteiger partial charge in [-0.05, 0) is 49.3 Å². The summed E-state index contributed by atoms with van der Waals surface area (Å²) in [6, 6.07) is 11.3. The number of nitrogens with zero attached hydrogens (tertiary/aromatic N) is 3. The van der Waals surface area contributed by atoms with Gasteiger partial charge in [-0.25, -0.2) is 4.98 Å². The summed E-state index contributed by atoms with van der Waals surface area (Å²) in [6.07, 6.45) is 2.11. The SMILES string of the molecule is CC1CCN(C(=O)C(C)Sc2nc3sccc3c(=O)n2-c2ccccc2)CC1. The number of benzene rings is 1. The van der Waals surface area contributed by atoms with Crippen LogP contribution in [0.15, 0.2) is 51.7 Å².